The van der Waals surface area contributed by atoms with Crippen LogP contribution < -0.4 is 4.74 Å². The molecule has 0 aromatic heterocycles. The van der Waals surface area contributed by atoms with Crippen molar-refractivity contribution in [2.24, 2.45) is 0 Å². The molecule has 0 saturated carbocycles. The van der Waals surface area contributed by atoms with E-state index in [1.54, 1.807) is 18.2 Å². The van der Waals surface area contributed by atoms with E-state index >= 15 is 0 Å². The Morgan fingerprint density at radius 2 is 2.29 bits per heavy atom. The van der Waals surface area contributed by atoms with Gasteiger partial charge >= 0.3 is 0 Å². The summed E-state index contributed by atoms with van der Waals surface area (Å²) in [6, 6.07) is 5.27. The number of rotatable bonds is 3. The molecule has 0 atom stereocenters. The standard InChI is InChI=1S/C10H11ClO3/c11-9-3-7(4-12)1-2-10(9)14-8-5-13-6-8/h1-3,8,12H,4-6H2. The minimum Gasteiger partial charge on any atom is -0.484 e. The molecule has 0 amide bonds. The number of aliphatic hydroxyl groups is 1. The molecule has 1 heterocycles. The highest BCUT2D eigenvalue weighted by atomic mass is 35.5. The Morgan fingerprint density at radius 3 is 2.79 bits per heavy atom. The third kappa shape index (κ3) is 2.00. The molecule has 1 fully saturated rings. The number of aliphatic hydroxyl groups excluding tert-OH is 1. The van der Waals surface area contributed by atoms with Crippen molar-refractivity contribution < 1.29 is 14.6 Å². The Bertz CT molecular complexity index is 323. The Balaban J connectivity index is 2.09. The molecule has 1 aromatic carbocycles. The molecule has 76 valence electrons. The summed E-state index contributed by atoms with van der Waals surface area (Å²) >= 11 is 5.96. The smallest absolute Gasteiger partial charge is 0.145 e. The molecule has 0 spiro atoms. The lowest BCUT2D eigenvalue weighted by Gasteiger charge is -2.27. The Labute approximate surface area is 87.2 Å². The largest absolute Gasteiger partial charge is 0.484 e. The van der Waals surface area contributed by atoms with Crippen LogP contribution in [0.15, 0.2) is 18.2 Å². The first kappa shape index (κ1) is 9.77. The van der Waals surface area contributed by atoms with E-state index in [2.05, 4.69) is 0 Å². The molecule has 1 aromatic rings. The van der Waals surface area contributed by atoms with Crippen molar-refractivity contribution in [2.45, 2.75) is 12.7 Å². The molecule has 0 radical (unpaired) electrons. The zero-order valence-electron chi connectivity index (χ0n) is 7.57. The van der Waals surface area contributed by atoms with Crippen LogP contribution in [0, 0.1) is 0 Å². The van der Waals surface area contributed by atoms with Gasteiger partial charge in [0.2, 0.25) is 0 Å². The highest BCUT2D eigenvalue weighted by molar-refractivity contribution is 6.32. The first-order valence-electron chi connectivity index (χ1n) is 4.43. The van der Waals surface area contributed by atoms with E-state index in [-0.39, 0.29) is 12.7 Å². The Hall–Kier alpha value is -0.770. The van der Waals surface area contributed by atoms with Crippen LogP contribution in [-0.2, 0) is 11.3 Å². The number of halogens is 1. The van der Waals surface area contributed by atoms with Crippen LogP contribution in [0.25, 0.3) is 0 Å². The highest BCUT2D eigenvalue weighted by Crippen LogP contribution is 2.27. The quantitative estimate of drug-likeness (QED) is 0.831. The minimum atomic E-state index is -0.00740. The SMILES string of the molecule is OCc1ccc(OC2COC2)c(Cl)c1. The van der Waals surface area contributed by atoms with E-state index in [4.69, 9.17) is 26.2 Å². The number of hydrogen-bond donors (Lipinski definition) is 1. The van der Waals surface area contributed by atoms with Gasteiger partial charge in [-0.3, -0.25) is 0 Å². The third-order valence-electron chi connectivity index (χ3n) is 2.08. The first-order valence-corrected chi connectivity index (χ1v) is 4.81. The summed E-state index contributed by atoms with van der Waals surface area (Å²) in [7, 11) is 0. The van der Waals surface area contributed by atoms with Gasteiger partial charge < -0.3 is 14.6 Å². The molecule has 1 saturated heterocycles. The molecule has 0 bridgehead atoms. The summed E-state index contributed by atoms with van der Waals surface area (Å²) in [5, 5.41) is 9.40. The fraction of sp³-hybridized carbons (Fsp3) is 0.400. The number of hydrogen-bond acceptors (Lipinski definition) is 3. The molecule has 0 unspecified atom stereocenters. The van der Waals surface area contributed by atoms with E-state index in [1.807, 2.05) is 0 Å². The van der Waals surface area contributed by atoms with Crippen molar-refractivity contribution in [2.75, 3.05) is 13.2 Å². The molecule has 1 aliphatic heterocycles. The minimum absolute atomic E-state index is 0.00740. The molecule has 14 heavy (non-hydrogen) atoms. The van der Waals surface area contributed by atoms with E-state index in [0.717, 1.165) is 5.56 Å². The summed E-state index contributed by atoms with van der Waals surface area (Å²) in [4.78, 5) is 0. The van der Waals surface area contributed by atoms with Crippen molar-refractivity contribution in [3.63, 3.8) is 0 Å². The van der Waals surface area contributed by atoms with Gasteiger partial charge in [-0.05, 0) is 17.7 Å². The average molecular weight is 215 g/mol. The highest BCUT2D eigenvalue weighted by Gasteiger charge is 2.20. The van der Waals surface area contributed by atoms with E-state index in [1.165, 1.54) is 0 Å². The van der Waals surface area contributed by atoms with Gasteiger partial charge in [-0.2, -0.15) is 0 Å². The monoisotopic (exact) mass is 214 g/mol. The van der Waals surface area contributed by atoms with Crippen LogP contribution in [0.1, 0.15) is 5.56 Å². The van der Waals surface area contributed by atoms with Crippen LogP contribution in [-0.4, -0.2) is 24.4 Å². The topological polar surface area (TPSA) is 38.7 Å². The van der Waals surface area contributed by atoms with E-state index < -0.39 is 0 Å². The van der Waals surface area contributed by atoms with E-state index in [0.29, 0.717) is 24.0 Å². The van der Waals surface area contributed by atoms with Crippen molar-refractivity contribution in [1.82, 2.24) is 0 Å². The van der Waals surface area contributed by atoms with Gasteiger partial charge in [0, 0.05) is 0 Å². The van der Waals surface area contributed by atoms with Crippen LogP contribution in [0.4, 0.5) is 0 Å². The Morgan fingerprint density at radius 1 is 1.50 bits per heavy atom. The molecule has 4 heteroatoms. The van der Waals surface area contributed by atoms with Crippen molar-refractivity contribution in [1.29, 1.82) is 0 Å². The van der Waals surface area contributed by atoms with Crippen molar-refractivity contribution >= 4 is 11.6 Å². The van der Waals surface area contributed by atoms with Gasteiger partial charge in [-0.25, -0.2) is 0 Å². The second-order valence-electron chi connectivity index (χ2n) is 3.20. The normalized spacial score (nSPS) is 16.4. The third-order valence-corrected chi connectivity index (χ3v) is 2.38. The molecule has 2 rings (SSSR count). The second-order valence-corrected chi connectivity index (χ2v) is 3.61. The van der Waals surface area contributed by atoms with Crippen LogP contribution in [0.5, 0.6) is 5.75 Å². The summed E-state index contributed by atoms with van der Waals surface area (Å²) < 4.78 is 10.5. The van der Waals surface area contributed by atoms with Crippen LogP contribution in [0.2, 0.25) is 5.02 Å². The fourth-order valence-electron chi connectivity index (χ4n) is 1.20. The van der Waals surface area contributed by atoms with Gasteiger partial charge in [-0.15, -0.1) is 0 Å². The predicted molar refractivity (Wildman–Crippen MR) is 52.6 cm³/mol. The summed E-state index contributed by atoms with van der Waals surface area (Å²) in [5.41, 5.74) is 0.784. The van der Waals surface area contributed by atoms with Crippen LogP contribution in [0.3, 0.4) is 0 Å². The fourth-order valence-corrected chi connectivity index (χ4v) is 1.45. The first-order chi connectivity index (χ1) is 6.79. The predicted octanol–water partition coefficient (Wildman–Crippen LogP) is 1.61. The molecule has 1 aliphatic rings. The maximum absolute atomic E-state index is 8.87. The average Bonchev–Trinajstić information content (AvgIpc) is 2.13. The Kier molecular flexibility index (Phi) is 2.91. The lowest BCUT2D eigenvalue weighted by molar-refractivity contribution is -0.0796. The molecule has 0 aliphatic carbocycles. The molecular weight excluding hydrogens is 204 g/mol. The van der Waals surface area contributed by atoms with E-state index in [9.17, 15) is 0 Å². The van der Waals surface area contributed by atoms with Gasteiger partial charge in [0.25, 0.3) is 0 Å². The maximum atomic E-state index is 8.87. The summed E-state index contributed by atoms with van der Waals surface area (Å²) in [6.07, 6.45) is 0.118. The maximum Gasteiger partial charge on any atom is 0.145 e. The van der Waals surface area contributed by atoms with Gasteiger partial charge in [0.15, 0.2) is 0 Å². The van der Waals surface area contributed by atoms with Crippen molar-refractivity contribution in [3.8, 4) is 5.75 Å². The number of benzene rings is 1. The number of ether oxygens (including phenoxy) is 2. The molecule has 1 N–H and O–H groups in total. The van der Waals surface area contributed by atoms with Crippen molar-refractivity contribution in [3.05, 3.63) is 28.8 Å². The van der Waals surface area contributed by atoms with Crippen LogP contribution >= 0.6 is 11.6 Å². The lowest BCUT2D eigenvalue weighted by Crippen LogP contribution is -2.38. The molecular formula is C10H11ClO3. The second kappa shape index (κ2) is 4.17. The zero-order valence-corrected chi connectivity index (χ0v) is 8.33. The van der Waals surface area contributed by atoms with Gasteiger partial charge in [0.1, 0.15) is 11.9 Å². The summed E-state index contributed by atoms with van der Waals surface area (Å²) in [6.45, 7) is 1.24. The van der Waals surface area contributed by atoms with Gasteiger partial charge in [0.05, 0.1) is 24.8 Å². The summed E-state index contributed by atoms with van der Waals surface area (Å²) in [5.74, 6) is 0.650. The zero-order chi connectivity index (χ0) is 9.97. The van der Waals surface area contributed by atoms with Gasteiger partial charge in [-0.1, -0.05) is 17.7 Å². The lowest BCUT2D eigenvalue weighted by atomic mass is 10.2. The molecule has 3 nitrogen and oxygen atoms in total.